The van der Waals surface area contributed by atoms with E-state index in [-0.39, 0.29) is 11.7 Å². The van der Waals surface area contributed by atoms with Gasteiger partial charge in [-0.3, -0.25) is 10.2 Å². The summed E-state index contributed by atoms with van der Waals surface area (Å²) < 4.78 is 5.87. The number of rotatable bonds is 4. The molecule has 2 atom stereocenters. The zero-order valence-corrected chi connectivity index (χ0v) is 11.7. The first-order chi connectivity index (χ1) is 7.80. The molecule has 17 heavy (non-hydrogen) atoms. The molecule has 1 heterocycles. The summed E-state index contributed by atoms with van der Waals surface area (Å²) in [5.41, 5.74) is -0.595. The second-order valence-electron chi connectivity index (χ2n) is 5.83. The number of morpholine rings is 1. The van der Waals surface area contributed by atoms with E-state index >= 15 is 0 Å². The third kappa shape index (κ3) is 4.27. The third-order valence-corrected chi connectivity index (χ3v) is 2.99. The average molecular weight is 239 g/mol. The highest BCUT2D eigenvalue weighted by Crippen LogP contribution is 2.22. The summed E-state index contributed by atoms with van der Waals surface area (Å²) in [4.78, 5) is 2.32. The van der Waals surface area contributed by atoms with Crippen molar-refractivity contribution in [1.82, 2.24) is 10.2 Å². The van der Waals surface area contributed by atoms with E-state index in [1.54, 1.807) is 0 Å². The van der Waals surface area contributed by atoms with Crippen LogP contribution < -0.4 is 5.32 Å². The molecular weight excluding hydrogens is 214 g/mol. The van der Waals surface area contributed by atoms with Crippen molar-refractivity contribution in [2.75, 3.05) is 26.2 Å². The zero-order chi connectivity index (χ0) is 13.1. The van der Waals surface area contributed by atoms with E-state index < -0.39 is 5.54 Å². The largest absolute Gasteiger partial charge is 0.370 e. The fourth-order valence-corrected chi connectivity index (χ4v) is 2.67. The summed E-state index contributed by atoms with van der Waals surface area (Å²) >= 11 is 0. The first kappa shape index (κ1) is 14.4. The Morgan fingerprint density at radius 2 is 2.24 bits per heavy atom. The number of ether oxygens (including phenoxy) is 1. The lowest BCUT2D eigenvalue weighted by Gasteiger charge is -2.43. The van der Waals surface area contributed by atoms with E-state index in [9.17, 15) is 5.26 Å². The van der Waals surface area contributed by atoms with Gasteiger partial charge < -0.3 is 4.74 Å². The highest BCUT2D eigenvalue weighted by atomic mass is 16.5. The molecule has 0 aromatic carbocycles. The fraction of sp³-hybridized carbons (Fsp3) is 0.923. The molecule has 0 saturated carbocycles. The molecule has 1 fully saturated rings. The van der Waals surface area contributed by atoms with E-state index in [0.717, 1.165) is 26.2 Å². The maximum Gasteiger partial charge on any atom is 0.116 e. The van der Waals surface area contributed by atoms with Crippen LogP contribution in [0.1, 0.15) is 34.6 Å². The molecule has 0 radical (unpaired) electrons. The lowest BCUT2D eigenvalue weighted by atomic mass is 10.00. The molecule has 0 spiro atoms. The molecule has 4 heteroatoms. The maximum absolute atomic E-state index is 9.27. The Balaban J connectivity index is 2.64. The van der Waals surface area contributed by atoms with Crippen LogP contribution in [0, 0.1) is 11.3 Å². The van der Waals surface area contributed by atoms with E-state index in [1.807, 2.05) is 13.8 Å². The quantitative estimate of drug-likeness (QED) is 0.805. The van der Waals surface area contributed by atoms with Crippen molar-refractivity contribution in [2.45, 2.75) is 51.9 Å². The molecule has 1 N–H and O–H groups in total. The van der Waals surface area contributed by atoms with Gasteiger partial charge in [-0.05, 0) is 34.2 Å². The van der Waals surface area contributed by atoms with Gasteiger partial charge in [0.2, 0.25) is 0 Å². The van der Waals surface area contributed by atoms with E-state index in [4.69, 9.17) is 4.74 Å². The Labute approximate surface area is 105 Å². The topological polar surface area (TPSA) is 48.3 Å². The lowest BCUT2D eigenvalue weighted by Crippen LogP contribution is -2.58. The van der Waals surface area contributed by atoms with Crippen molar-refractivity contribution < 1.29 is 4.74 Å². The van der Waals surface area contributed by atoms with Crippen molar-refractivity contribution in [2.24, 2.45) is 0 Å². The van der Waals surface area contributed by atoms with Gasteiger partial charge in [0.1, 0.15) is 5.54 Å². The Morgan fingerprint density at radius 1 is 1.59 bits per heavy atom. The minimum atomic E-state index is -0.470. The van der Waals surface area contributed by atoms with E-state index in [2.05, 4.69) is 37.1 Å². The van der Waals surface area contributed by atoms with Gasteiger partial charge in [0.05, 0.1) is 17.8 Å². The Morgan fingerprint density at radius 3 is 2.71 bits per heavy atom. The van der Waals surface area contributed by atoms with Gasteiger partial charge in [-0.1, -0.05) is 6.92 Å². The highest BCUT2D eigenvalue weighted by Gasteiger charge is 2.35. The molecule has 0 aliphatic carbocycles. The minimum absolute atomic E-state index is 0.125. The van der Waals surface area contributed by atoms with Crippen molar-refractivity contribution in [3.63, 3.8) is 0 Å². The number of hydrogen-bond acceptors (Lipinski definition) is 4. The van der Waals surface area contributed by atoms with Gasteiger partial charge in [-0.25, -0.2) is 0 Å². The number of nitrogens with one attached hydrogen (secondary N) is 1. The van der Waals surface area contributed by atoms with Crippen LogP contribution in [0.25, 0.3) is 0 Å². The second-order valence-corrected chi connectivity index (χ2v) is 5.83. The molecule has 1 aliphatic heterocycles. The molecule has 1 rings (SSSR count). The summed E-state index contributed by atoms with van der Waals surface area (Å²) in [6.45, 7) is 13.6. The zero-order valence-electron chi connectivity index (χ0n) is 11.7. The van der Waals surface area contributed by atoms with Crippen LogP contribution in [0.4, 0.5) is 0 Å². The van der Waals surface area contributed by atoms with Gasteiger partial charge in [0.15, 0.2) is 0 Å². The summed E-state index contributed by atoms with van der Waals surface area (Å²) in [5, 5.41) is 12.5. The summed E-state index contributed by atoms with van der Waals surface area (Å²) in [5.74, 6) is 0. The van der Waals surface area contributed by atoms with Gasteiger partial charge in [-0.2, -0.15) is 5.26 Å². The van der Waals surface area contributed by atoms with Crippen molar-refractivity contribution in [3.8, 4) is 6.07 Å². The van der Waals surface area contributed by atoms with Crippen molar-refractivity contribution in [1.29, 1.82) is 5.26 Å². The van der Waals surface area contributed by atoms with Crippen molar-refractivity contribution in [3.05, 3.63) is 0 Å². The monoisotopic (exact) mass is 239 g/mol. The van der Waals surface area contributed by atoms with Crippen LogP contribution in [0.15, 0.2) is 0 Å². The van der Waals surface area contributed by atoms with Crippen LogP contribution in [-0.2, 0) is 4.74 Å². The Hall–Kier alpha value is -0.630. The van der Waals surface area contributed by atoms with Crippen LogP contribution in [0.3, 0.4) is 0 Å². The molecule has 0 bridgehead atoms. The molecule has 0 aromatic rings. The molecule has 0 aromatic heterocycles. The molecule has 0 amide bonds. The SMILES string of the molecule is CCNC(C)(C#N)CN1CC(C)OC(C)(C)C1. The standard InChI is InChI=1S/C13H25N3O/c1-6-15-13(5,8-14)10-16-7-11(2)17-12(3,4)9-16/h11,15H,6-7,9-10H2,1-5H3. The maximum atomic E-state index is 9.27. The fourth-order valence-electron chi connectivity index (χ4n) is 2.67. The normalized spacial score (nSPS) is 28.4. The lowest BCUT2D eigenvalue weighted by molar-refractivity contribution is -0.131. The number of hydrogen-bond donors (Lipinski definition) is 1. The number of likely N-dealkylation sites (N-methyl/N-ethyl adjacent to an activating group) is 1. The van der Waals surface area contributed by atoms with Crippen molar-refractivity contribution >= 4 is 0 Å². The first-order valence-corrected chi connectivity index (χ1v) is 6.37. The summed E-state index contributed by atoms with van der Waals surface area (Å²) in [6.07, 6.45) is 0.225. The van der Waals surface area contributed by atoms with Gasteiger partial charge >= 0.3 is 0 Å². The highest BCUT2D eigenvalue weighted by molar-refractivity contribution is 5.06. The molecule has 1 aliphatic rings. The Bertz CT molecular complexity index is 298. The minimum Gasteiger partial charge on any atom is -0.370 e. The van der Waals surface area contributed by atoms with Crippen LogP contribution in [0.2, 0.25) is 0 Å². The number of nitriles is 1. The molecule has 1 saturated heterocycles. The van der Waals surface area contributed by atoms with Crippen LogP contribution >= 0.6 is 0 Å². The Kier molecular flexibility index (Phi) is 4.54. The average Bonchev–Trinajstić information content (AvgIpc) is 2.14. The molecule has 98 valence electrons. The predicted molar refractivity (Wildman–Crippen MR) is 68.8 cm³/mol. The van der Waals surface area contributed by atoms with Gasteiger partial charge in [0, 0.05) is 19.6 Å². The van der Waals surface area contributed by atoms with Crippen LogP contribution in [-0.4, -0.2) is 48.3 Å². The van der Waals surface area contributed by atoms with E-state index in [0.29, 0.717) is 0 Å². The smallest absolute Gasteiger partial charge is 0.116 e. The number of nitrogens with zero attached hydrogens (tertiary/aromatic N) is 2. The molecule has 2 unspecified atom stereocenters. The summed E-state index contributed by atoms with van der Waals surface area (Å²) in [7, 11) is 0. The molecule has 4 nitrogen and oxygen atoms in total. The van der Waals surface area contributed by atoms with E-state index in [1.165, 1.54) is 0 Å². The first-order valence-electron chi connectivity index (χ1n) is 6.37. The second kappa shape index (κ2) is 5.34. The van der Waals surface area contributed by atoms with Gasteiger partial charge in [0.25, 0.3) is 0 Å². The van der Waals surface area contributed by atoms with Gasteiger partial charge in [-0.15, -0.1) is 0 Å². The summed E-state index contributed by atoms with van der Waals surface area (Å²) in [6, 6.07) is 2.38. The predicted octanol–water partition coefficient (Wildman–Crippen LogP) is 1.38. The van der Waals surface area contributed by atoms with Crippen LogP contribution in [0.5, 0.6) is 0 Å². The third-order valence-electron chi connectivity index (χ3n) is 2.99. The molecular formula is C13H25N3O.